The lowest BCUT2D eigenvalue weighted by molar-refractivity contribution is -0.158. The van der Waals surface area contributed by atoms with Crippen molar-refractivity contribution in [2.75, 3.05) is 13.1 Å². The van der Waals surface area contributed by atoms with E-state index in [1.807, 2.05) is 30.9 Å². The van der Waals surface area contributed by atoms with Gasteiger partial charge in [-0.3, -0.25) is 9.59 Å². The lowest BCUT2D eigenvalue weighted by Gasteiger charge is -2.51. The molecule has 1 heterocycles. The number of aliphatic hydroxyl groups excluding tert-OH is 1. The van der Waals surface area contributed by atoms with Crippen LogP contribution in [0.25, 0.3) is 0 Å². The van der Waals surface area contributed by atoms with Crippen molar-refractivity contribution in [3.8, 4) is 0 Å². The van der Waals surface area contributed by atoms with Gasteiger partial charge in [0.25, 0.3) is 0 Å². The van der Waals surface area contributed by atoms with Crippen LogP contribution in [0, 0.1) is 17.3 Å². The highest BCUT2D eigenvalue weighted by Gasteiger charge is 2.50. The molecule has 0 unspecified atom stereocenters. The van der Waals surface area contributed by atoms with Gasteiger partial charge in [-0.1, -0.05) is 69.7 Å². The molecule has 3 aliphatic rings. The Labute approximate surface area is 214 Å². The van der Waals surface area contributed by atoms with Crippen LogP contribution in [0.4, 0.5) is 0 Å². The van der Waals surface area contributed by atoms with Crippen molar-refractivity contribution in [3.05, 3.63) is 34.9 Å². The maximum atomic E-state index is 13.7. The van der Waals surface area contributed by atoms with Crippen LogP contribution < -0.4 is 5.32 Å². The van der Waals surface area contributed by atoms with Crippen molar-refractivity contribution < 1.29 is 19.8 Å². The number of amides is 2. The third kappa shape index (κ3) is 5.55. The number of aliphatic hydroxyl groups is 2. The van der Waals surface area contributed by atoms with E-state index >= 15 is 0 Å². The number of likely N-dealkylation sites (tertiary alicyclic amines) is 1. The molecule has 4 rings (SSSR count). The van der Waals surface area contributed by atoms with Crippen LogP contribution in [0.15, 0.2) is 24.3 Å². The summed E-state index contributed by atoms with van der Waals surface area (Å²) in [6.45, 7) is 4.90. The highest BCUT2D eigenvalue weighted by atomic mass is 35.5. The fourth-order valence-electron chi connectivity index (χ4n) is 6.54. The van der Waals surface area contributed by atoms with Crippen LogP contribution in [0.3, 0.4) is 0 Å². The van der Waals surface area contributed by atoms with E-state index in [1.165, 1.54) is 6.42 Å². The Morgan fingerprint density at radius 3 is 2.31 bits per heavy atom. The van der Waals surface area contributed by atoms with Crippen LogP contribution in [0.5, 0.6) is 0 Å². The SMILES string of the molecule is CC1(C)CN(C(=O)[C@H]2CCCC[C@H]2NC(=O)[C@H](O)C2CCCCC2)CC[C@]1(O)c1ccc(Cl)cc1. The Morgan fingerprint density at radius 1 is 1.03 bits per heavy atom. The van der Waals surface area contributed by atoms with Gasteiger partial charge in [0.2, 0.25) is 11.8 Å². The average molecular weight is 505 g/mol. The van der Waals surface area contributed by atoms with Gasteiger partial charge in [-0.05, 0) is 55.7 Å². The highest BCUT2D eigenvalue weighted by molar-refractivity contribution is 6.30. The van der Waals surface area contributed by atoms with Gasteiger partial charge < -0.3 is 20.4 Å². The first kappa shape index (κ1) is 26.4. The summed E-state index contributed by atoms with van der Waals surface area (Å²) in [5, 5.41) is 26.0. The molecule has 4 atom stereocenters. The molecular weight excluding hydrogens is 464 g/mol. The number of benzene rings is 1. The second-order valence-electron chi connectivity index (χ2n) is 11.6. The number of hydrogen-bond acceptors (Lipinski definition) is 4. The van der Waals surface area contributed by atoms with Crippen LogP contribution in [-0.4, -0.2) is 52.2 Å². The fraction of sp³-hybridized carbons (Fsp3) is 0.714. The van der Waals surface area contributed by atoms with Crippen LogP contribution in [-0.2, 0) is 15.2 Å². The summed E-state index contributed by atoms with van der Waals surface area (Å²) in [4.78, 5) is 28.5. The van der Waals surface area contributed by atoms with E-state index in [-0.39, 0.29) is 29.7 Å². The highest BCUT2D eigenvalue weighted by Crippen LogP contribution is 2.46. The number of nitrogens with zero attached hydrogens (tertiary/aromatic N) is 1. The first-order valence-corrected chi connectivity index (χ1v) is 13.8. The largest absolute Gasteiger partial charge is 0.384 e. The first-order chi connectivity index (χ1) is 16.6. The van der Waals surface area contributed by atoms with E-state index in [1.54, 1.807) is 12.1 Å². The Hall–Kier alpha value is -1.63. The van der Waals surface area contributed by atoms with Crippen molar-refractivity contribution in [3.63, 3.8) is 0 Å². The zero-order valence-electron chi connectivity index (χ0n) is 21.1. The average Bonchev–Trinajstić information content (AvgIpc) is 2.86. The summed E-state index contributed by atoms with van der Waals surface area (Å²) in [6, 6.07) is 7.07. The normalized spacial score (nSPS) is 30.5. The summed E-state index contributed by atoms with van der Waals surface area (Å²) in [5.74, 6) is -0.537. The quantitative estimate of drug-likeness (QED) is 0.554. The second-order valence-corrected chi connectivity index (χ2v) is 12.0. The minimum atomic E-state index is -1.06. The molecule has 1 aromatic carbocycles. The van der Waals surface area contributed by atoms with Gasteiger partial charge in [-0.15, -0.1) is 0 Å². The van der Waals surface area contributed by atoms with Gasteiger partial charge in [0.15, 0.2) is 0 Å². The number of piperidine rings is 1. The molecule has 1 saturated heterocycles. The predicted molar refractivity (Wildman–Crippen MR) is 137 cm³/mol. The number of carbonyl (C=O) groups is 2. The van der Waals surface area contributed by atoms with Gasteiger partial charge >= 0.3 is 0 Å². The van der Waals surface area contributed by atoms with Crippen LogP contribution in [0.1, 0.15) is 83.6 Å². The van der Waals surface area contributed by atoms with Gasteiger partial charge in [-0.25, -0.2) is 0 Å². The Bertz CT molecular complexity index is 899. The molecule has 3 fully saturated rings. The lowest BCUT2D eigenvalue weighted by Crippen LogP contribution is -2.59. The molecule has 2 amide bonds. The standard InChI is InChI=1S/C28H41ClN2O4/c1-27(2)18-31(17-16-28(27,35)20-12-14-21(29)15-13-20)26(34)22-10-6-7-11-23(22)30-25(33)24(32)19-8-4-3-5-9-19/h12-15,19,22-24,32,35H,3-11,16-18H2,1-2H3,(H,30,33)/t22-,23+,24+,28-/m0/s1. The molecular formula is C28H41ClN2O4. The number of nitrogens with one attached hydrogen (secondary N) is 1. The minimum Gasteiger partial charge on any atom is -0.384 e. The van der Waals surface area contributed by atoms with Gasteiger partial charge in [0, 0.05) is 29.6 Å². The molecule has 194 valence electrons. The van der Waals surface area contributed by atoms with Crippen molar-refractivity contribution in [2.24, 2.45) is 17.3 Å². The topological polar surface area (TPSA) is 89.9 Å². The second kappa shape index (κ2) is 10.8. The van der Waals surface area contributed by atoms with Crippen molar-refractivity contribution in [1.29, 1.82) is 0 Å². The summed E-state index contributed by atoms with van der Waals surface area (Å²) >= 11 is 6.05. The maximum Gasteiger partial charge on any atom is 0.249 e. The number of halogens is 1. The lowest BCUT2D eigenvalue weighted by atomic mass is 9.66. The minimum absolute atomic E-state index is 0.0231. The summed E-state index contributed by atoms with van der Waals surface area (Å²) < 4.78 is 0. The molecule has 35 heavy (non-hydrogen) atoms. The summed E-state index contributed by atoms with van der Waals surface area (Å²) in [6.07, 6.45) is 7.95. The smallest absolute Gasteiger partial charge is 0.249 e. The van der Waals surface area contributed by atoms with Crippen molar-refractivity contribution in [2.45, 2.75) is 95.8 Å². The zero-order chi connectivity index (χ0) is 25.2. The monoisotopic (exact) mass is 504 g/mol. The third-order valence-electron chi connectivity index (χ3n) is 8.86. The fourth-order valence-corrected chi connectivity index (χ4v) is 6.66. The molecule has 7 heteroatoms. The van der Waals surface area contributed by atoms with Crippen molar-refractivity contribution >= 4 is 23.4 Å². The maximum absolute atomic E-state index is 13.7. The van der Waals surface area contributed by atoms with E-state index in [0.29, 0.717) is 24.5 Å². The van der Waals surface area contributed by atoms with E-state index in [0.717, 1.165) is 56.9 Å². The molecule has 0 bridgehead atoms. The number of rotatable bonds is 5. The summed E-state index contributed by atoms with van der Waals surface area (Å²) in [7, 11) is 0. The van der Waals surface area contributed by atoms with E-state index in [2.05, 4.69) is 5.32 Å². The van der Waals surface area contributed by atoms with Gasteiger partial charge in [0.1, 0.15) is 6.10 Å². The Balaban J connectivity index is 1.42. The molecule has 0 spiro atoms. The zero-order valence-corrected chi connectivity index (χ0v) is 21.9. The van der Waals surface area contributed by atoms with E-state index < -0.39 is 17.1 Å². The molecule has 6 nitrogen and oxygen atoms in total. The molecule has 0 aromatic heterocycles. The van der Waals surface area contributed by atoms with Crippen molar-refractivity contribution in [1.82, 2.24) is 10.2 Å². The molecule has 2 aliphatic carbocycles. The number of hydrogen-bond donors (Lipinski definition) is 3. The predicted octanol–water partition coefficient (Wildman–Crippen LogP) is 4.40. The van der Waals surface area contributed by atoms with E-state index in [9.17, 15) is 19.8 Å². The molecule has 3 N–H and O–H groups in total. The molecule has 0 radical (unpaired) electrons. The third-order valence-corrected chi connectivity index (χ3v) is 9.11. The van der Waals surface area contributed by atoms with Crippen LogP contribution in [0.2, 0.25) is 5.02 Å². The summed E-state index contributed by atoms with van der Waals surface area (Å²) in [5.41, 5.74) is -0.795. The van der Waals surface area contributed by atoms with E-state index in [4.69, 9.17) is 11.6 Å². The first-order valence-electron chi connectivity index (χ1n) is 13.4. The molecule has 1 aliphatic heterocycles. The Morgan fingerprint density at radius 2 is 1.66 bits per heavy atom. The molecule has 2 saturated carbocycles. The Kier molecular flexibility index (Phi) is 8.14. The van der Waals surface area contributed by atoms with Gasteiger partial charge in [-0.2, -0.15) is 0 Å². The molecule has 1 aromatic rings. The van der Waals surface area contributed by atoms with Gasteiger partial charge in [0.05, 0.1) is 11.5 Å². The van der Waals surface area contributed by atoms with Crippen LogP contribution >= 0.6 is 11.6 Å². The number of carbonyl (C=O) groups excluding carboxylic acids is 2.